The SMILES string of the molecule is Cc1cccc(N2CCN(c3ccc(NCCN)cc3)CC2)c1. The lowest BCUT2D eigenvalue weighted by Crippen LogP contribution is -2.46. The van der Waals surface area contributed by atoms with E-state index in [1.165, 1.54) is 16.9 Å². The van der Waals surface area contributed by atoms with Crippen LogP contribution in [0.1, 0.15) is 5.56 Å². The molecule has 2 aromatic rings. The third-order valence-corrected chi connectivity index (χ3v) is 4.35. The van der Waals surface area contributed by atoms with Crippen LogP contribution in [-0.2, 0) is 0 Å². The molecule has 0 atom stereocenters. The Morgan fingerprint density at radius 2 is 1.57 bits per heavy atom. The maximum absolute atomic E-state index is 5.52. The van der Waals surface area contributed by atoms with E-state index < -0.39 is 0 Å². The Balaban J connectivity index is 1.58. The molecule has 4 heteroatoms. The summed E-state index contributed by atoms with van der Waals surface area (Å²) in [5, 5.41) is 3.31. The Morgan fingerprint density at radius 3 is 2.17 bits per heavy atom. The van der Waals surface area contributed by atoms with Crippen LogP contribution in [0.15, 0.2) is 48.5 Å². The summed E-state index contributed by atoms with van der Waals surface area (Å²) in [6.07, 6.45) is 0. The summed E-state index contributed by atoms with van der Waals surface area (Å²) < 4.78 is 0. The minimum Gasteiger partial charge on any atom is -0.384 e. The van der Waals surface area contributed by atoms with E-state index in [0.717, 1.165) is 38.4 Å². The molecule has 0 saturated carbocycles. The molecule has 0 radical (unpaired) electrons. The molecular formula is C19H26N4. The number of aryl methyl sites for hydroxylation is 1. The van der Waals surface area contributed by atoms with E-state index in [1.807, 2.05) is 0 Å². The van der Waals surface area contributed by atoms with E-state index in [0.29, 0.717) is 6.54 Å². The molecule has 0 bridgehead atoms. The van der Waals surface area contributed by atoms with Gasteiger partial charge in [0.2, 0.25) is 0 Å². The highest BCUT2D eigenvalue weighted by atomic mass is 15.3. The van der Waals surface area contributed by atoms with Crippen LogP contribution in [0.4, 0.5) is 17.1 Å². The minimum absolute atomic E-state index is 0.655. The van der Waals surface area contributed by atoms with Gasteiger partial charge in [-0.05, 0) is 48.9 Å². The number of nitrogens with one attached hydrogen (secondary N) is 1. The Kier molecular flexibility index (Phi) is 5.03. The lowest BCUT2D eigenvalue weighted by Gasteiger charge is -2.37. The Labute approximate surface area is 138 Å². The fourth-order valence-electron chi connectivity index (χ4n) is 3.05. The Bertz CT molecular complexity index is 616. The van der Waals surface area contributed by atoms with Gasteiger partial charge in [-0.25, -0.2) is 0 Å². The second-order valence-electron chi connectivity index (χ2n) is 6.08. The van der Waals surface area contributed by atoms with Crippen molar-refractivity contribution in [2.24, 2.45) is 5.73 Å². The zero-order chi connectivity index (χ0) is 16.1. The molecule has 23 heavy (non-hydrogen) atoms. The number of hydrogen-bond acceptors (Lipinski definition) is 4. The minimum atomic E-state index is 0.655. The summed E-state index contributed by atoms with van der Waals surface area (Å²) in [6.45, 7) is 7.87. The number of rotatable bonds is 5. The molecule has 2 aromatic carbocycles. The molecule has 0 aliphatic carbocycles. The van der Waals surface area contributed by atoms with Crippen molar-refractivity contribution in [3.63, 3.8) is 0 Å². The first-order chi connectivity index (χ1) is 11.3. The van der Waals surface area contributed by atoms with Gasteiger partial charge in [-0.15, -0.1) is 0 Å². The maximum atomic E-state index is 5.52. The fraction of sp³-hybridized carbons (Fsp3) is 0.368. The van der Waals surface area contributed by atoms with Crippen LogP contribution in [-0.4, -0.2) is 39.3 Å². The van der Waals surface area contributed by atoms with Crippen LogP contribution in [0.2, 0.25) is 0 Å². The molecule has 1 saturated heterocycles. The van der Waals surface area contributed by atoms with E-state index in [1.54, 1.807) is 0 Å². The topological polar surface area (TPSA) is 44.5 Å². The molecule has 1 heterocycles. The summed E-state index contributed by atoms with van der Waals surface area (Å²) >= 11 is 0. The molecule has 0 aromatic heterocycles. The lowest BCUT2D eigenvalue weighted by molar-refractivity contribution is 0.653. The molecule has 4 nitrogen and oxygen atoms in total. The fourth-order valence-corrected chi connectivity index (χ4v) is 3.05. The van der Waals surface area contributed by atoms with Crippen molar-refractivity contribution >= 4 is 17.1 Å². The first-order valence-corrected chi connectivity index (χ1v) is 8.37. The number of hydrogen-bond donors (Lipinski definition) is 2. The van der Waals surface area contributed by atoms with Gasteiger partial charge in [-0.3, -0.25) is 0 Å². The van der Waals surface area contributed by atoms with Gasteiger partial charge < -0.3 is 20.9 Å². The van der Waals surface area contributed by atoms with E-state index in [-0.39, 0.29) is 0 Å². The standard InChI is InChI=1S/C19H26N4/c1-16-3-2-4-19(15-16)23-13-11-22(12-14-23)18-7-5-17(6-8-18)21-10-9-20/h2-8,15,21H,9-14,20H2,1H3. The van der Waals surface area contributed by atoms with Gasteiger partial charge in [0.25, 0.3) is 0 Å². The van der Waals surface area contributed by atoms with Crippen molar-refractivity contribution < 1.29 is 0 Å². The second kappa shape index (κ2) is 7.38. The van der Waals surface area contributed by atoms with Crippen LogP contribution >= 0.6 is 0 Å². The van der Waals surface area contributed by atoms with Crippen molar-refractivity contribution in [3.8, 4) is 0 Å². The van der Waals surface area contributed by atoms with Gasteiger partial charge in [0, 0.05) is 56.3 Å². The Hall–Kier alpha value is -2.20. The quantitative estimate of drug-likeness (QED) is 0.891. The summed E-state index contributed by atoms with van der Waals surface area (Å²) in [5.74, 6) is 0. The van der Waals surface area contributed by atoms with Gasteiger partial charge in [0.1, 0.15) is 0 Å². The summed E-state index contributed by atoms with van der Waals surface area (Å²) in [7, 11) is 0. The third-order valence-electron chi connectivity index (χ3n) is 4.35. The molecule has 3 rings (SSSR count). The zero-order valence-electron chi connectivity index (χ0n) is 13.8. The van der Waals surface area contributed by atoms with Gasteiger partial charge in [-0.2, -0.15) is 0 Å². The van der Waals surface area contributed by atoms with Crippen LogP contribution in [0.25, 0.3) is 0 Å². The summed E-state index contributed by atoms with van der Waals surface area (Å²) in [4.78, 5) is 4.93. The largest absolute Gasteiger partial charge is 0.384 e. The van der Waals surface area contributed by atoms with Crippen LogP contribution in [0.5, 0.6) is 0 Å². The van der Waals surface area contributed by atoms with Crippen molar-refractivity contribution in [2.75, 3.05) is 54.4 Å². The smallest absolute Gasteiger partial charge is 0.0370 e. The monoisotopic (exact) mass is 310 g/mol. The highest BCUT2D eigenvalue weighted by Crippen LogP contribution is 2.22. The van der Waals surface area contributed by atoms with Gasteiger partial charge in [-0.1, -0.05) is 12.1 Å². The molecule has 122 valence electrons. The molecule has 0 amide bonds. The van der Waals surface area contributed by atoms with Crippen molar-refractivity contribution in [1.29, 1.82) is 0 Å². The van der Waals surface area contributed by atoms with Gasteiger partial charge in [0.05, 0.1) is 0 Å². The second-order valence-corrected chi connectivity index (χ2v) is 6.08. The van der Waals surface area contributed by atoms with E-state index in [9.17, 15) is 0 Å². The van der Waals surface area contributed by atoms with Crippen molar-refractivity contribution in [1.82, 2.24) is 0 Å². The number of benzene rings is 2. The molecule has 1 aliphatic rings. The number of anilines is 3. The predicted molar refractivity (Wildman–Crippen MR) is 99.6 cm³/mol. The van der Waals surface area contributed by atoms with E-state index in [2.05, 4.69) is 70.6 Å². The van der Waals surface area contributed by atoms with Crippen LogP contribution in [0.3, 0.4) is 0 Å². The molecule has 0 spiro atoms. The van der Waals surface area contributed by atoms with Crippen LogP contribution < -0.4 is 20.9 Å². The Morgan fingerprint density at radius 1 is 0.913 bits per heavy atom. The maximum Gasteiger partial charge on any atom is 0.0370 e. The third kappa shape index (κ3) is 3.96. The lowest BCUT2D eigenvalue weighted by atomic mass is 10.2. The normalized spacial score (nSPS) is 14.9. The molecule has 0 unspecified atom stereocenters. The molecule has 1 fully saturated rings. The first-order valence-electron chi connectivity index (χ1n) is 8.37. The number of nitrogens with two attached hydrogens (primary N) is 1. The van der Waals surface area contributed by atoms with Crippen molar-refractivity contribution in [3.05, 3.63) is 54.1 Å². The number of nitrogens with zero attached hydrogens (tertiary/aromatic N) is 2. The molecule has 3 N–H and O–H groups in total. The number of piperazine rings is 1. The predicted octanol–water partition coefficient (Wildman–Crippen LogP) is 2.69. The van der Waals surface area contributed by atoms with Gasteiger partial charge in [0.15, 0.2) is 0 Å². The van der Waals surface area contributed by atoms with E-state index >= 15 is 0 Å². The van der Waals surface area contributed by atoms with Gasteiger partial charge >= 0.3 is 0 Å². The zero-order valence-corrected chi connectivity index (χ0v) is 13.8. The molecule has 1 aliphatic heterocycles. The average molecular weight is 310 g/mol. The highest BCUT2D eigenvalue weighted by Gasteiger charge is 2.17. The average Bonchev–Trinajstić information content (AvgIpc) is 2.61. The summed E-state index contributed by atoms with van der Waals surface area (Å²) in [5.41, 5.74) is 10.6. The molecular weight excluding hydrogens is 284 g/mol. The summed E-state index contributed by atoms with van der Waals surface area (Å²) in [6, 6.07) is 17.4. The highest BCUT2D eigenvalue weighted by molar-refractivity contribution is 5.57. The first kappa shape index (κ1) is 15.7. The van der Waals surface area contributed by atoms with E-state index in [4.69, 9.17) is 5.73 Å². The van der Waals surface area contributed by atoms with Crippen LogP contribution in [0, 0.1) is 6.92 Å². The van der Waals surface area contributed by atoms with Crippen molar-refractivity contribution in [2.45, 2.75) is 6.92 Å².